The van der Waals surface area contributed by atoms with Crippen LogP contribution in [0.4, 0.5) is 18.0 Å². The normalized spacial score (nSPS) is 14.6. The minimum atomic E-state index is -5.16. The average molecular weight is 492 g/mol. The fourth-order valence-electron chi connectivity index (χ4n) is 4.07. The Balaban J connectivity index is 1.67. The second-order valence-electron chi connectivity index (χ2n) is 8.82. The Morgan fingerprint density at radius 2 is 1.49 bits per heavy atom. The number of carboxylic acids is 1. The van der Waals surface area contributed by atoms with E-state index in [1.807, 2.05) is 67.7 Å². The van der Waals surface area contributed by atoms with Crippen molar-refractivity contribution in [3.8, 4) is 11.1 Å². The van der Waals surface area contributed by atoms with Gasteiger partial charge in [-0.15, -0.1) is 0 Å². The van der Waals surface area contributed by atoms with Crippen molar-refractivity contribution in [1.29, 1.82) is 0 Å². The first kappa shape index (κ1) is 26.1. The van der Waals surface area contributed by atoms with E-state index in [0.29, 0.717) is 6.42 Å². The molecular formula is C25H27F3N2O5. The number of fused-ring (bicyclic) bond motifs is 3. The van der Waals surface area contributed by atoms with Crippen LogP contribution in [0, 0.1) is 5.92 Å². The molecule has 188 valence electrons. The molecule has 2 amide bonds. The fraction of sp³-hybridized carbons (Fsp3) is 0.400. The summed E-state index contributed by atoms with van der Waals surface area (Å²) in [4.78, 5) is 36.0. The summed E-state index contributed by atoms with van der Waals surface area (Å²) >= 11 is 0. The average Bonchev–Trinajstić information content (AvgIpc) is 3.11. The number of carbonyl (C=O) groups is 3. The first-order valence-electron chi connectivity index (χ1n) is 11.2. The first-order chi connectivity index (χ1) is 16.5. The minimum absolute atomic E-state index is 0.0474. The maximum absolute atomic E-state index is 13.6. The van der Waals surface area contributed by atoms with Gasteiger partial charge in [0.2, 0.25) is 6.04 Å². The second-order valence-corrected chi connectivity index (χ2v) is 8.82. The Bertz CT molecular complexity index is 1040. The summed E-state index contributed by atoms with van der Waals surface area (Å²) in [5, 5.41) is 12.7. The van der Waals surface area contributed by atoms with E-state index in [4.69, 9.17) is 4.74 Å². The number of amides is 2. The van der Waals surface area contributed by atoms with Crippen LogP contribution in [0.3, 0.4) is 0 Å². The van der Waals surface area contributed by atoms with E-state index in [-0.39, 0.29) is 24.9 Å². The van der Waals surface area contributed by atoms with E-state index >= 15 is 0 Å². The highest BCUT2D eigenvalue weighted by Gasteiger charge is 2.47. The molecule has 3 rings (SSSR count). The van der Waals surface area contributed by atoms with Crippen LogP contribution in [0.1, 0.15) is 43.7 Å². The van der Waals surface area contributed by atoms with Crippen LogP contribution in [0.25, 0.3) is 11.1 Å². The van der Waals surface area contributed by atoms with Gasteiger partial charge in [-0.2, -0.15) is 13.2 Å². The highest BCUT2D eigenvalue weighted by Crippen LogP contribution is 2.44. The van der Waals surface area contributed by atoms with Crippen LogP contribution >= 0.6 is 0 Å². The molecule has 0 saturated heterocycles. The summed E-state index contributed by atoms with van der Waals surface area (Å²) in [6, 6.07) is 10.4. The van der Waals surface area contributed by atoms with Crippen LogP contribution in [-0.2, 0) is 14.3 Å². The lowest BCUT2D eigenvalue weighted by molar-refractivity contribution is -0.169. The molecule has 0 radical (unpaired) electrons. The quantitative estimate of drug-likeness (QED) is 0.479. The van der Waals surface area contributed by atoms with Gasteiger partial charge in [0.15, 0.2) is 0 Å². The van der Waals surface area contributed by atoms with Crippen molar-refractivity contribution in [2.75, 3.05) is 6.61 Å². The second kappa shape index (κ2) is 10.8. The summed E-state index contributed by atoms with van der Waals surface area (Å²) < 4.78 is 45.8. The van der Waals surface area contributed by atoms with Crippen LogP contribution in [0.15, 0.2) is 48.5 Å². The molecule has 1 aliphatic rings. The van der Waals surface area contributed by atoms with Gasteiger partial charge >= 0.3 is 18.2 Å². The standard InChI is InChI=1S/C25H27F3N2O5/c1-14(2)11-12-20(23(32)33)29-22(31)21(25(26,27)28)30-24(34)35-13-19-17-9-5-3-7-15(17)16-8-4-6-10-18(16)19/h3-10,14,19-21H,11-13H2,1-2H3,(H,29,31)(H,30,34)(H,32,33). The van der Waals surface area contributed by atoms with Crippen molar-refractivity contribution in [3.63, 3.8) is 0 Å². The molecule has 0 aliphatic heterocycles. The van der Waals surface area contributed by atoms with E-state index in [9.17, 15) is 32.7 Å². The predicted molar refractivity (Wildman–Crippen MR) is 122 cm³/mol. The van der Waals surface area contributed by atoms with Gasteiger partial charge < -0.3 is 20.5 Å². The number of hydrogen-bond donors (Lipinski definition) is 3. The van der Waals surface area contributed by atoms with Gasteiger partial charge in [0.25, 0.3) is 5.91 Å². The number of aliphatic carboxylic acids is 1. The zero-order valence-electron chi connectivity index (χ0n) is 19.3. The molecule has 0 saturated carbocycles. The van der Waals surface area contributed by atoms with Crippen molar-refractivity contribution >= 4 is 18.0 Å². The minimum Gasteiger partial charge on any atom is -0.480 e. The molecule has 0 fully saturated rings. The summed E-state index contributed by atoms with van der Waals surface area (Å²) in [6.45, 7) is 3.40. The number of carboxylic acid groups (broad SMARTS) is 1. The zero-order chi connectivity index (χ0) is 25.8. The lowest BCUT2D eigenvalue weighted by Gasteiger charge is -2.23. The van der Waals surface area contributed by atoms with Crippen LogP contribution in [0.2, 0.25) is 0 Å². The van der Waals surface area contributed by atoms with Crippen LogP contribution in [0.5, 0.6) is 0 Å². The van der Waals surface area contributed by atoms with Gasteiger partial charge in [-0.05, 0) is 41.0 Å². The molecule has 0 heterocycles. The molecule has 7 nitrogen and oxygen atoms in total. The van der Waals surface area contributed by atoms with E-state index in [0.717, 1.165) is 22.3 Å². The van der Waals surface area contributed by atoms with Crippen LogP contribution < -0.4 is 10.6 Å². The number of carbonyl (C=O) groups excluding carboxylic acids is 2. The molecule has 2 atom stereocenters. The van der Waals surface area contributed by atoms with E-state index in [1.165, 1.54) is 0 Å². The fourth-order valence-corrected chi connectivity index (χ4v) is 4.07. The molecule has 2 aromatic carbocycles. The van der Waals surface area contributed by atoms with Crippen molar-refractivity contribution < 1.29 is 37.4 Å². The van der Waals surface area contributed by atoms with Gasteiger partial charge in [0, 0.05) is 5.92 Å². The van der Waals surface area contributed by atoms with Crippen molar-refractivity contribution in [2.45, 2.75) is 50.9 Å². The smallest absolute Gasteiger partial charge is 0.417 e. The lowest BCUT2D eigenvalue weighted by atomic mass is 9.98. The summed E-state index contributed by atoms with van der Waals surface area (Å²) in [7, 11) is 0. The predicted octanol–water partition coefficient (Wildman–Crippen LogP) is 4.46. The summed E-state index contributed by atoms with van der Waals surface area (Å²) in [5.74, 6) is -3.41. The maximum atomic E-state index is 13.6. The third-order valence-electron chi connectivity index (χ3n) is 5.84. The Kier molecular flexibility index (Phi) is 8.03. The molecule has 2 aromatic rings. The maximum Gasteiger partial charge on any atom is 0.417 e. The van der Waals surface area contributed by atoms with Gasteiger partial charge in [0.05, 0.1) is 0 Å². The molecule has 3 N–H and O–H groups in total. The Labute approximate surface area is 200 Å². The number of nitrogens with one attached hydrogen (secondary N) is 2. The highest BCUT2D eigenvalue weighted by atomic mass is 19.4. The zero-order valence-corrected chi connectivity index (χ0v) is 19.3. The number of alkyl carbamates (subject to hydrolysis) is 1. The number of halogens is 3. The lowest BCUT2D eigenvalue weighted by Crippen LogP contribution is -2.57. The van der Waals surface area contributed by atoms with Crippen LogP contribution in [-0.4, -0.2) is 47.9 Å². The molecule has 1 aliphatic carbocycles. The van der Waals surface area contributed by atoms with E-state index in [2.05, 4.69) is 0 Å². The Morgan fingerprint density at radius 1 is 0.943 bits per heavy atom. The molecule has 0 bridgehead atoms. The number of hydrogen-bond acceptors (Lipinski definition) is 4. The SMILES string of the molecule is CC(C)CCC(NC(=O)C(NC(=O)OCC1c2ccccc2-c2ccccc21)C(F)(F)F)C(=O)O. The van der Waals surface area contributed by atoms with Gasteiger partial charge in [0.1, 0.15) is 12.6 Å². The highest BCUT2D eigenvalue weighted by molar-refractivity contribution is 5.90. The molecule has 35 heavy (non-hydrogen) atoms. The number of rotatable bonds is 9. The number of alkyl halides is 3. The number of ether oxygens (including phenoxy) is 1. The monoisotopic (exact) mass is 492 g/mol. The number of benzene rings is 2. The topological polar surface area (TPSA) is 105 Å². The molecule has 0 spiro atoms. The van der Waals surface area contributed by atoms with Crippen molar-refractivity contribution in [3.05, 3.63) is 59.7 Å². The van der Waals surface area contributed by atoms with Gasteiger partial charge in [-0.1, -0.05) is 62.4 Å². The van der Waals surface area contributed by atoms with Gasteiger partial charge in [-0.3, -0.25) is 4.79 Å². The third-order valence-corrected chi connectivity index (χ3v) is 5.84. The largest absolute Gasteiger partial charge is 0.480 e. The van der Waals surface area contributed by atoms with Gasteiger partial charge in [-0.25, -0.2) is 9.59 Å². The molecule has 2 unspecified atom stereocenters. The summed E-state index contributed by atoms with van der Waals surface area (Å²) in [5.41, 5.74) is 3.65. The first-order valence-corrected chi connectivity index (χ1v) is 11.2. The van der Waals surface area contributed by atoms with Crippen molar-refractivity contribution in [2.24, 2.45) is 5.92 Å². The Morgan fingerprint density at radius 3 is 1.97 bits per heavy atom. The molecule has 10 heteroatoms. The molecule has 0 aromatic heterocycles. The summed E-state index contributed by atoms with van der Waals surface area (Å²) in [6.07, 6.45) is -6.25. The van der Waals surface area contributed by atoms with E-state index in [1.54, 1.807) is 5.32 Å². The van der Waals surface area contributed by atoms with Crippen molar-refractivity contribution in [1.82, 2.24) is 10.6 Å². The Hall–Kier alpha value is -3.56. The van der Waals surface area contributed by atoms with E-state index < -0.39 is 36.2 Å². The molecular weight excluding hydrogens is 465 g/mol. The third kappa shape index (κ3) is 6.32.